The quantitative estimate of drug-likeness (QED) is 0.745. The van der Waals surface area contributed by atoms with Gasteiger partial charge in [0.05, 0.1) is 5.69 Å². The number of aromatic nitrogens is 3. The van der Waals surface area contributed by atoms with E-state index in [2.05, 4.69) is 45.2 Å². The van der Waals surface area contributed by atoms with Crippen LogP contribution in [0.2, 0.25) is 0 Å². The minimum absolute atomic E-state index is 0.785. The molecule has 0 aliphatic carbocycles. The molecule has 1 aliphatic heterocycles. The van der Waals surface area contributed by atoms with E-state index in [1.54, 1.807) is 12.4 Å². The predicted molar refractivity (Wildman–Crippen MR) is 89.5 cm³/mol. The number of benzene rings is 1. The topological polar surface area (TPSA) is 41.9 Å². The van der Waals surface area contributed by atoms with Crippen LogP contribution in [0.4, 0.5) is 0 Å². The summed E-state index contributed by atoms with van der Waals surface area (Å²) in [7, 11) is 0. The van der Waals surface area contributed by atoms with E-state index in [4.69, 9.17) is 4.98 Å². The van der Waals surface area contributed by atoms with Crippen LogP contribution in [0, 0.1) is 0 Å². The first-order chi connectivity index (χ1) is 11.4. The van der Waals surface area contributed by atoms with Gasteiger partial charge in [0.2, 0.25) is 0 Å². The van der Waals surface area contributed by atoms with Crippen molar-refractivity contribution < 1.29 is 0 Å². The molecule has 0 unspecified atom stereocenters. The zero-order chi connectivity index (χ0) is 15.5. The Balaban J connectivity index is 1.56. The summed E-state index contributed by atoms with van der Waals surface area (Å²) in [6, 6.07) is 14.5. The first kappa shape index (κ1) is 14.0. The maximum atomic E-state index is 4.79. The van der Waals surface area contributed by atoms with Gasteiger partial charge in [0, 0.05) is 43.8 Å². The number of nitrogens with zero attached hydrogens (tertiary/aromatic N) is 4. The van der Waals surface area contributed by atoms with Crippen molar-refractivity contribution in [3.63, 3.8) is 0 Å². The van der Waals surface area contributed by atoms with E-state index in [-0.39, 0.29) is 0 Å². The molecule has 0 N–H and O–H groups in total. The molecule has 0 amide bonds. The molecule has 1 aromatic carbocycles. The molecule has 1 aliphatic rings. The maximum absolute atomic E-state index is 4.79. The molecule has 4 rings (SSSR count). The van der Waals surface area contributed by atoms with Gasteiger partial charge in [0.1, 0.15) is 0 Å². The Hall–Kier alpha value is -2.59. The second kappa shape index (κ2) is 6.26. The summed E-state index contributed by atoms with van der Waals surface area (Å²) in [5, 5.41) is 0. The number of rotatable bonds is 3. The fraction of sp³-hybridized carbons (Fsp3) is 0.211. The molecule has 2 aromatic heterocycles. The van der Waals surface area contributed by atoms with Gasteiger partial charge in [-0.3, -0.25) is 9.88 Å². The summed E-state index contributed by atoms with van der Waals surface area (Å²) in [5.74, 6) is 0.785. The van der Waals surface area contributed by atoms with E-state index < -0.39 is 0 Å². The van der Waals surface area contributed by atoms with Crippen LogP contribution >= 0.6 is 0 Å². The highest BCUT2D eigenvalue weighted by atomic mass is 15.1. The van der Waals surface area contributed by atoms with Crippen molar-refractivity contribution in [3.8, 4) is 11.4 Å². The second-order valence-corrected chi connectivity index (χ2v) is 5.85. The minimum atomic E-state index is 0.785. The molecule has 0 saturated heterocycles. The van der Waals surface area contributed by atoms with Gasteiger partial charge in [0.25, 0.3) is 0 Å². The second-order valence-electron chi connectivity index (χ2n) is 5.85. The van der Waals surface area contributed by atoms with Crippen LogP contribution in [0.15, 0.2) is 61.1 Å². The van der Waals surface area contributed by atoms with E-state index in [0.717, 1.165) is 43.1 Å². The van der Waals surface area contributed by atoms with Crippen LogP contribution in [0.5, 0.6) is 0 Å². The summed E-state index contributed by atoms with van der Waals surface area (Å²) in [6.07, 6.45) is 6.55. The van der Waals surface area contributed by atoms with Gasteiger partial charge in [-0.25, -0.2) is 9.97 Å². The molecule has 0 saturated carbocycles. The predicted octanol–water partition coefficient (Wildman–Crippen LogP) is 3.10. The fourth-order valence-electron chi connectivity index (χ4n) is 2.97. The Morgan fingerprint density at radius 3 is 2.65 bits per heavy atom. The monoisotopic (exact) mass is 302 g/mol. The lowest BCUT2D eigenvalue weighted by Gasteiger charge is -2.28. The molecule has 114 valence electrons. The van der Waals surface area contributed by atoms with Gasteiger partial charge in [-0.05, 0) is 29.7 Å². The molecule has 23 heavy (non-hydrogen) atoms. The molecule has 0 bridgehead atoms. The Morgan fingerprint density at radius 2 is 1.83 bits per heavy atom. The summed E-state index contributed by atoms with van der Waals surface area (Å²) < 4.78 is 0. The summed E-state index contributed by atoms with van der Waals surface area (Å²) in [4.78, 5) is 15.8. The molecule has 0 spiro atoms. The Kier molecular flexibility index (Phi) is 3.82. The van der Waals surface area contributed by atoms with Crippen LogP contribution in [-0.2, 0) is 19.5 Å². The Bertz CT molecular complexity index is 787. The summed E-state index contributed by atoms with van der Waals surface area (Å²) in [6.45, 7) is 2.90. The van der Waals surface area contributed by atoms with Crippen molar-refractivity contribution in [2.75, 3.05) is 6.54 Å². The molecule has 3 aromatic rings. The van der Waals surface area contributed by atoms with Crippen molar-refractivity contribution in [2.45, 2.75) is 19.5 Å². The molecular weight excluding hydrogens is 284 g/mol. The number of hydrogen-bond donors (Lipinski definition) is 0. The molecule has 4 nitrogen and oxygen atoms in total. The average molecular weight is 302 g/mol. The highest BCUT2D eigenvalue weighted by Gasteiger charge is 2.18. The summed E-state index contributed by atoms with van der Waals surface area (Å²) >= 11 is 0. The molecule has 0 fully saturated rings. The van der Waals surface area contributed by atoms with Gasteiger partial charge in [-0.2, -0.15) is 0 Å². The molecule has 4 heteroatoms. The van der Waals surface area contributed by atoms with Crippen molar-refractivity contribution in [2.24, 2.45) is 0 Å². The van der Waals surface area contributed by atoms with E-state index in [9.17, 15) is 0 Å². The van der Waals surface area contributed by atoms with Crippen LogP contribution in [0.25, 0.3) is 11.4 Å². The highest BCUT2D eigenvalue weighted by Crippen LogP contribution is 2.21. The van der Waals surface area contributed by atoms with Crippen LogP contribution < -0.4 is 0 Å². The zero-order valence-corrected chi connectivity index (χ0v) is 12.9. The zero-order valence-electron chi connectivity index (χ0n) is 12.9. The normalized spacial score (nSPS) is 14.4. The van der Waals surface area contributed by atoms with Gasteiger partial charge in [-0.1, -0.05) is 30.3 Å². The van der Waals surface area contributed by atoms with Gasteiger partial charge >= 0.3 is 0 Å². The standard InChI is InChI=1S/C19H18N4/c1-2-4-15(5-3-1)13-23-11-8-17-12-21-19(22-18(17)14-23)16-6-9-20-10-7-16/h1-7,9-10,12H,8,11,13-14H2. The maximum Gasteiger partial charge on any atom is 0.159 e. The lowest BCUT2D eigenvalue weighted by molar-refractivity contribution is 0.241. The Labute approximate surface area is 135 Å². The minimum Gasteiger partial charge on any atom is -0.293 e. The lowest BCUT2D eigenvalue weighted by Crippen LogP contribution is -2.31. The third-order valence-electron chi connectivity index (χ3n) is 4.21. The fourth-order valence-corrected chi connectivity index (χ4v) is 2.97. The first-order valence-electron chi connectivity index (χ1n) is 7.90. The number of hydrogen-bond acceptors (Lipinski definition) is 4. The smallest absolute Gasteiger partial charge is 0.159 e. The van der Waals surface area contributed by atoms with Crippen molar-refractivity contribution in [3.05, 3.63) is 77.9 Å². The SMILES string of the molecule is c1ccc(CN2CCc3cnc(-c4ccncc4)nc3C2)cc1. The van der Waals surface area contributed by atoms with Gasteiger partial charge < -0.3 is 0 Å². The van der Waals surface area contributed by atoms with E-state index in [1.807, 2.05) is 18.3 Å². The van der Waals surface area contributed by atoms with Crippen LogP contribution in [-0.4, -0.2) is 26.4 Å². The number of fused-ring (bicyclic) bond motifs is 1. The van der Waals surface area contributed by atoms with E-state index >= 15 is 0 Å². The molecule has 0 radical (unpaired) electrons. The first-order valence-corrected chi connectivity index (χ1v) is 7.90. The van der Waals surface area contributed by atoms with Gasteiger partial charge in [-0.15, -0.1) is 0 Å². The van der Waals surface area contributed by atoms with Crippen LogP contribution in [0.1, 0.15) is 16.8 Å². The van der Waals surface area contributed by atoms with E-state index in [1.165, 1.54) is 11.1 Å². The highest BCUT2D eigenvalue weighted by molar-refractivity contribution is 5.54. The van der Waals surface area contributed by atoms with Crippen molar-refractivity contribution in [1.82, 2.24) is 19.9 Å². The molecule has 3 heterocycles. The van der Waals surface area contributed by atoms with Gasteiger partial charge in [0.15, 0.2) is 5.82 Å². The van der Waals surface area contributed by atoms with Crippen LogP contribution in [0.3, 0.4) is 0 Å². The Morgan fingerprint density at radius 1 is 1.00 bits per heavy atom. The van der Waals surface area contributed by atoms with Crippen molar-refractivity contribution >= 4 is 0 Å². The third kappa shape index (κ3) is 3.12. The summed E-state index contributed by atoms with van der Waals surface area (Å²) in [5.41, 5.74) is 4.78. The number of pyridine rings is 1. The molecule has 0 atom stereocenters. The van der Waals surface area contributed by atoms with E-state index in [0.29, 0.717) is 0 Å². The lowest BCUT2D eigenvalue weighted by atomic mass is 10.1. The van der Waals surface area contributed by atoms with Crippen molar-refractivity contribution in [1.29, 1.82) is 0 Å². The molecular formula is C19H18N4. The average Bonchev–Trinajstić information content (AvgIpc) is 2.63. The third-order valence-corrected chi connectivity index (χ3v) is 4.21. The largest absolute Gasteiger partial charge is 0.293 e.